The van der Waals surface area contributed by atoms with Gasteiger partial charge in [0.05, 0.1) is 12.2 Å². The van der Waals surface area contributed by atoms with Gasteiger partial charge in [0.2, 0.25) is 0 Å². The normalized spacial score (nSPS) is 25.0. The molecule has 0 aromatic heterocycles. The van der Waals surface area contributed by atoms with Gasteiger partial charge in [0.25, 0.3) is 11.8 Å². The second-order valence-corrected chi connectivity index (χ2v) is 9.42. The van der Waals surface area contributed by atoms with Gasteiger partial charge in [-0.1, -0.05) is 0 Å². The lowest BCUT2D eigenvalue weighted by atomic mass is 9.99. The van der Waals surface area contributed by atoms with Crippen LogP contribution in [0.5, 0.6) is 5.75 Å². The molecule has 8 heteroatoms. The molecule has 1 saturated carbocycles. The first kappa shape index (κ1) is 19.1. The van der Waals surface area contributed by atoms with Crippen LogP contribution in [0.25, 0.3) is 0 Å². The number of amides is 1. The quantitative estimate of drug-likeness (QED) is 0.753. The van der Waals surface area contributed by atoms with Crippen LogP contribution in [0.4, 0.5) is 8.78 Å². The van der Waals surface area contributed by atoms with Crippen molar-refractivity contribution in [1.82, 2.24) is 4.90 Å². The van der Waals surface area contributed by atoms with Crippen molar-refractivity contribution < 1.29 is 26.7 Å². The third kappa shape index (κ3) is 4.72. The average molecular weight is 387 g/mol. The van der Waals surface area contributed by atoms with E-state index in [-0.39, 0.29) is 24.1 Å². The highest BCUT2D eigenvalue weighted by atomic mass is 32.2. The molecule has 144 valence electrons. The zero-order valence-electron chi connectivity index (χ0n) is 14.7. The Kier molecular flexibility index (Phi) is 5.23. The first-order valence-corrected chi connectivity index (χ1v) is 10.8. The highest BCUT2D eigenvalue weighted by Crippen LogP contribution is 2.44. The molecule has 2 aliphatic rings. The Hall–Kier alpha value is -1.70. The molecule has 2 unspecified atom stereocenters. The van der Waals surface area contributed by atoms with E-state index in [9.17, 15) is 22.0 Å². The van der Waals surface area contributed by atoms with Crippen molar-refractivity contribution in [2.75, 3.05) is 18.6 Å². The fraction of sp³-hybridized carbons (Fsp3) is 0.611. The molecule has 3 rings (SSSR count). The molecule has 26 heavy (non-hydrogen) atoms. The van der Waals surface area contributed by atoms with Crippen molar-refractivity contribution in [3.8, 4) is 5.75 Å². The van der Waals surface area contributed by atoms with E-state index in [0.717, 1.165) is 19.3 Å². The number of ether oxygens (including phenoxy) is 1. The maximum Gasteiger partial charge on any atom is 0.288 e. The molecule has 0 bridgehead atoms. The maximum absolute atomic E-state index is 12.9. The van der Waals surface area contributed by atoms with Gasteiger partial charge >= 0.3 is 0 Å². The van der Waals surface area contributed by atoms with Gasteiger partial charge in [-0.25, -0.2) is 17.2 Å². The summed E-state index contributed by atoms with van der Waals surface area (Å²) in [5, 5.41) is 0. The van der Waals surface area contributed by atoms with Crippen LogP contribution in [0.15, 0.2) is 24.3 Å². The number of likely N-dealkylation sites (tertiary alicyclic amines) is 1. The first-order chi connectivity index (χ1) is 12.2. The maximum atomic E-state index is 12.9. The summed E-state index contributed by atoms with van der Waals surface area (Å²) in [4.78, 5) is 14.5. The monoisotopic (exact) mass is 387 g/mol. The second kappa shape index (κ2) is 7.13. The van der Waals surface area contributed by atoms with E-state index in [4.69, 9.17) is 4.74 Å². The lowest BCUT2D eigenvalue weighted by Gasteiger charge is -2.36. The molecule has 5 nitrogen and oxygen atoms in total. The highest BCUT2D eigenvalue weighted by Gasteiger charge is 2.59. The SMILES string of the molecule is CS(=O)(=O)CCC1CCCCN1C(=O)c1ccc(OC2CC2(F)F)cc1. The molecule has 1 aliphatic heterocycles. The van der Waals surface area contributed by atoms with Crippen LogP contribution in [0.2, 0.25) is 0 Å². The number of carbonyl (C=O) groups is 1. The summed E-state index contributed by atoms with van der Waals surface area (Å²) in [7, 11) is -3.07. The Morgan fingerprint density at radius 2 is 1.92 bits per heavy atom. The van der Waals surface area contributed by atoms with Crippen molar-refractivity contribution in [2.24, 2.45) is 0 Å². The van der Waals surface area contributed by atoms with Crippen LogP contribution in [0.3, 0.4) is 0 Å². The van der Waals surface area contributed by atoms with E-state index in [0.29, 0.717) is 24.3 Å². The van der Waals surface area contributed by atoms with Crippen molar-refractivity contribution in [3.63, 3.8) is 0 Å². The van der Waals surface area contributed by atoms with E-state index >= 15 is 0 Å². The van der Waals surface area contributed by atoms with Gasteiger partial charge in [0.15, 0.2) is 6.10 Å². The first-order valence-electron chi connectivity index (χ1n) is 8.79. The summed E-state index contributed by atoms with van der Waals surface area (Å²) in [5.74, 6) is -2.54. The number of hydrogen-bond donors (Lipinski definition) is 0. The summed E-state index contributed by atoms with van der Waals surface area (Å²) >= 11 is 0. The van der Waals surface area contributed by atoms with Crippen LogP contribution < -0.4 is 4.74 Å². The lowest BCUT2D eigenvalue weighted by molar-refractivity contribution is 0.0606. The van der Waals surface area contributed by atoms with Crippen molar-refractivity contribution in [1.29, 1.82) is 0 Å². The van der Waals surface area contributed by atoms with Gasteiger partial charge in [-0.05, 0) is 49.9 Å². The van der Waals surface area contributed by atoms with Gasteiger partial charge in [0.1, 0.15) is 15.6 Å². The van der Waals surface area contributed by atoms with Gasteiger partial charge in [-0.15, -0.1) is 0 Å². The third-order valence-corrected chi connectivity index (χ3v) is 5.84. The molecule has 1 saturated heterocycles. The van der Waals surface area contributed by atoms with Gasteiger partial charge in [-0.2, -0.15) is 0 Å². The van der Waals surface area contributed by atoms with E-state index in [1.54, 1.807) is 17.0 Å². The number of halogens is 2. The zero-order valence-corrected chi connectivity index (χ0v) is 15.5. The van der Waals surface area contributed by atoms with Crippen molar-refractivity contribution in [2.45, 2.75) is 50.2 Å². The Bertz CT molecular complexity index is 764. The Balaban J connectivity index is 1.64. The summed E-state index contributed by atoms with van der Waals surface area (Å²) in [6, 6.07) is 6.10. The fourth-order valence-electron chi connectivity index (χ4n) is 3.24. The minimum absolute atomic E-state index is 0.0593. The Morgan fingerprint density at radius 1 is 1.27 bits per heavy atom. The van der Waals surface area contributed by atoms with Gasteiger partial charge < -0.3 is 9.64 Å². The molecule has 0 spiro atoms. The number of piperidine rings is 1. The molecular weight excluding hydrogens is 364 g/mol. The molecule has 1 aromatic carbocycles. The average Bonchev–Trinajstić information content (AvgIpc) is 3.19. The van der Waals surface area contributed by atoms with Crippen LogP contribution in [0, 0.1) is 0 Å². The predicted molar refractivity (Wildman–Crippen MR) is 93.4 cm³/mol. The van der Waals surface area contributed by atoms with E-state index in [1.165, 1.54) is 18.4 Å². The highest BCUT2D eigenvalue weighted by molar-refractivity contribution is 7.90. The van der Waals surface area contributed by atoms with Crippen LogP contribution in [0.1, 0.15) is 42.5 Å². The van der Waals surface area contributed by atoms with E-state index in [1.807, 2.05) is 0 Å². The number of alkyl halides is 2. The summed E-state index contributed by atoms with van der Waals surface area (Å²) in [6.45, 7) is 0.597. The number of nitrogens with zero attached hydrogens (tertiary/aromatic N) is 1. The van der Waals surface area contributed by atoms with Crippen LogP contribution >= 0.6 is 0 Å². The molecule has 1 heterocycles. The smallest absolute Gasteiger partial charge is 0.288 e. The van der Waals surface area contributed by atoms with Crippen molar-refractivity contribution in [3.05, 3.63) is 29.8 Å². The van der Waals surface area contributed by atoms with E-state index < -0.39 is 21.9 Å². The molecular formula is C18H23F2NO4S. The van der Waals surface area contributed by atoms with Gasteiger partial charge in [-0.3, -0.25) is 4.79 Å². The lowest BCUT2D eigenvalue weighted by Crippen LogP contribution is -2.44. The minimum atomic E-state index is -3.07. The molecule has 1 aliphatic carbocycles. The predicted octanol–water partition coefficient (Wildman–Crippen LogP) is 2.90. The Labute approximate surface area is 152 Å². The molecule has 0 N–H and O–H groups in total. The van der Waals surface area contributed by atoms with Crippen molar-refractivity contribution >= 4 is 15.7 Å². The zero-order chi connectivity index (χ0) is 18.9. The number of benzene rings is 1. The largest absolute Gasteiger partial charge is 0.484 e. The number of hydrogen-bond acceptors (Lipinski definition) is 4. The fourth-order valence-corrected chi connectivity index (χ4v) is 3.94. The topological polar surface area (TPSA) is 63.7 Å². The number of rotatable bonds is 6. The van der Waals surface area contributed by atoms with Gasteiger partial charge in [0, 0.05) is 24.4 Å². The summed E-state index contributed by atoms with van der Waals surface area (Å²) in [6.07, 6.45) is 2.93. The molecule has 1 aromatic rings. The number of sulfone groups is 1. The summed E-state index contributed by atoms with van der Waals surface area (Å²) in [5.41, 5.74) is 0.450. The van der Waals surface area contributed by atoms with Crippen LogP contribution in [-0.4, -0.2) is 55.8 Å². The molecule has 0 radical (unpaired) electrons. The Morgan fingerprint density at radius 3 is 2.50 bits per heavy atom. The molecule has 2 atom stereocenters. The van der Waals surface area contributed by atoms with E-state index in [2.05, 4.69) is 0 Å². The second-order valence-electron chi connectivity index (χ2n) is 7.16. The minimum Gasteiger partial charge on any atom is -0.484 e. The van der Waals surface area contributed by atoms with Crippen LogP contribution in [-0.2, 0) is 9.84 Å². The summed E-state index contributed by atoms with van der Waals surface area (Å²) < 4.78 is 53.8. The third-order valence-electron chi connectivity index (χ3n) is 4.86. The number of carbonyl (C=O) groups excluding carboxylic acids is 1. The standard InChI is InChI=1S/C18H23F2NO4S/c1-26(23,24)11-9-14-4-2-3-10-21(14)17(22)13-5-7-15(8-6-13)25-16-12-18(16,19)20/h5-8,14,16H,2-4,9-12H2,1H3. The molecule has 1 amide bonds. The molecule has 2 fully saturated rings.